The molecule has 0 atom stereocenters. The molecule has 0 aliphatic rings. The van der Waals surface area contributed by atoms with Crippen LogP contribution in [-0.2, 0) is 13.1 Å². The van der Waals surface area contributed by atoms with Crippen molar-refractivity contribution in [2.24, 2.45) is 11.5 Å². The molecule has 0 saturated carbocycles. The summed E-state index contributed by atoms with van der Waals surface area (Å²) in [5, 5.41) is 16.4. The van der Waals surface area contributed by atoms with E-state index >= 15 is 0 Å². The maximum Gasteiger partial charge on any atom is 0.113 e. The van der Waals surface area contributed by atoms with Crippen LogP contribution < -0.4 is 11.5 Å². The van der Waals surface area contributed by atoms with E-state index in [2.05, 4.69) is 20.5 Å². The number of hydrogen-bond acceptors (Lipinski definition) is 6. The van der Waals surface area contributed by atoms with Crippen molar-refractivity contribution >= 4 is 30.5 Å². The fraction of sp³-hybridized carbons (Fsp3) is 0.250. The molecule has 0 saturated heterocycles. The van der Waals surface area contributed by atoms with Gasteiger partial charge in [0.25, 0.3) is 0 Å². The topological polar surface area (TPSA) is 113 Å². The van der Waals surface area contributed by atoms with Crippen molar-refractivity contribution in [1.82, 2.24) is 30.0 Å². The zero-order valence-electron chi connectivity index (χ0n) is 13.9. The molecular formula is C16H20BN8. The second kappa shape index (κ2) is 8.90. The van der Waals surface area contributed by atoms with Crippen LogP contribution in [0.3, 0.4) is 0 Å². The maximum absolute atomic E-state index is 5.42. The molecule has 127 valence electrons. The number of benzene rings is 2. The van der Waals surface area contributed by atoms with Crippen molar-refractivity contribution in [3.05, 3.63) is 48.5 Å². The summed E-state index contributed by atoms with van der Waals surface area (Å²) in [4.78, 5) is 1.63. The van der Waals surface area contributed by atoms with Crippen molar-refractivity contribution in [3.8, 4) is 0 Å². The van der Waals surface area contributed by atoms with Crippen LogP contribution in [0.5, 0.6) is 0 Å². The number of nitrogens with zero attached hydrogens (tertiary/aromatic N) is 6. The van der Waals surface area contributed by atoms with Crippen LogP contribution in [0.15, 0.2) is 48.5 Å². The van der Waals surface area contributed by atoms with Gasteiger partial charge in [0.1, 0.15) is 16.6 Å². The Hall–Kier alpha value is -2.78. The van der Waals surface area contributed by atoms with E-state index in [0.717, 1.165) is 28.6 Å². The smallest absolute Gasteiger partial charge is 0.113 e. The van der Waals surface area contributed by atoms with E-state index < -0.39 is 0 Å². The monoisotopic (exact) mass is 335 g/mol. The lowest BCUT2D eigenvalue weighted by molar-refractivity contribution is 0.553. The second-order valence-corrected chi connectivity index (χ2v) is 5.16. The zero-order valence-corrected chi connectivity index (χ0v) is 13.9. The lowest BCUT2D eigenvalue weighted by atomic mass is 10.3. The fourth-order valence-corrected chi connectivity index (χ4v) is 2.32. The third kappa shape index (κ3) is 4.40. The average molecular weight is 335 g/mol. The van der Waals surface area contributed by atoms with Gasteiger partial charge in [-0.1, -0.05) is 29.5 Å². The lowest BCUT2D eigenvalue weighted by Crippen LogP contribution is -2.11. The van der Waals surface area contributed by atoms with Gasteiger partial charge < -0.3 is 11.5 Å². The summed E-state index contributed by atoms with van der Waals surface area (Å²) in [6.07, 6.45) is 0. The van der Waals surface area contributed by atoms with Crippen LogP contribution in [0.2, 0.25) is 0 Å². The molecule has 0 amide bonds. The molecule has 4 aromatic rings. The number of hydrogen-bond donors (Lipinski definition) is 2. The van der Waals surface area contributed by atoms with Crippen molar-refractivity contribution in [3.63, 3.8) is 0 Å². The molecule has 4 N–H and O–H groups in total. The first-order valence-corrected chi connectivity index (χ1v) is 7.80. The first-order valence-electron chi connectivity index (χ1n) is 7.80. The largest absolute Gasteiger partial charge is 0.329 e. The fourth-order valence-electron chi connectivity index (χ4n) is 2.32. The summed E-state index contributed by atoms with van der Waals surface area (Å²) in [5.74, 6) is 0. The van der Waals surface area contributed by atoms with Gasteiger partial charge in [0.05, 0.1) is 18.6 Å². The van der Waals surface area contributed by atoms with Crippen LogP contribution in [0.1, 0.15) is 0 Å². The number of aromatic nitrogens is 6. The number of para-hydroxylation sites is 1. The van der Waals surface area contributed by atoms with Crippen molar-refractivity contribution in [2.45, 2.75) is 13.1 Å². The van der Waals surface area contributed by atoms with Crippen LogP contribution in [0.25, 0.3) is 22.1 Å². The third-order valence-corrected chi connectivity index (χ3v) is 3.42. The van der Waals surface area contributed by atoms with E-state index in [1.165, 1.54) is 0 Å². The van der Waals surface area contributed by atoms with Crippen LogP contribution in [0, 0.1) is 0 Å². The normalized spacial score (nSPS) is 10.3. The summed E-state index contributed by atoms with van der Waals surface area (Å²) >= 11 is 0. The van der Waals surface area contributed by atoms with E-state index in [-0.39, 0.29) is 8.41 Å². The molecule has 0 aliphatic carbocycles. The standard InChI is InChI=1S/2C8H10N4.B/c9-5-6-12-8-4-2-1-3-7(8)10-11-12;9-5-6-12-10-7-3-1-2-4-8(7)11-12;/h2*1-4H,5-6,9H2;. The Kier molecular flexibility index (Phi) is 6.61. The molecule has 0 spiro atoms. The van der Waals surface area contributed by atoms with Crippen molar-refractivity contribution in [1.29, 1.82) is 0 Å². The molecule has 2 aromatic carbocycles. The Bertz CT molecular complexity index is 875. The molecular weight excluding hydrogens is 315 g/mol. The molecule has 0 bridgehead atoms. The van der Waals surface area contributed by atoms with E-state index in [0.29, 0.717) is 19.6 Å². The Morgan fingerprint density at radius 1 is 0.760 bits per heavy atom. The molecule has 0 fully saturated rings. The van der Waals surface area contributed by atoms with Gasteiger partial charge in [-0.05, 0) is 24.3 Å². The van der Waals surface area contributed by atoms with E-state index in [1.54, 1.807) is 4.80 Å². The first-order chi connectivity index (χ1) is 11.8. The van der Waals surface area contributed by atoms with Crippen LogP contribution in [0.4, 0.5) is 0 Å². The summed E-state index contributed by atoms with van der Waals surface area (Å²) < 4.78 is 1.81. The highest BCUT2D eigenvalue weighted by Gasteiger charge is 2.00. The summed E-state index contributed by atoms with van der Waals surface area (Å²) in [5.41, 5.74) is 14.6. The average Bonchev–Trinajstić information content (AvgIpc) is 3.20. The molecule has 3 radical (unpaired) electrons. The van der Waals surface area contributed by atoms with Gasteiger partial charge in [0.15, 0.2) is 0 Å². The Balaban J connectivity index is 0.000000173. The SMILES string of the molecule is NCCn1nc2ccccc2n1.NCCn1nnc2ccccc21.[B]. The van der Waals surface area contributed by atoms with Gasteiger partial charge in [0, 0.05) is 21.5 Å². The first kappa shape index (κ1) is 18.6. The van der Waals surface area contributed by atoms with Crippen LogP contribution in [-0.4, -0.2) is 51.5 Å². The highest BCUT2D eigenvalue weighted by Crippen LogP contribution is 2.08. The number of rotatable bonds is 4. The van der Waals surface area contributed by atoms with E-state index in [4.69, 9.17) is 11.5 Å². The Morgan fingerprint density at radius 3 is 1.92 bits per heavy atom. The summed E-state index contributed by atoms with van der Waals surface area (Å²) in [7, 11) is 0. The zero-order chi connectivity index (χ0) is 16.8. The number of nitrogens with two attached hydrogens (primary N) is 2. The molecule has 9 heteroatoms. The summed E-state index contributed by atoms with van der Waals surface area (Å²) in [6.45, 7) is 2.56. The highest BCUT2D eigenvalue weighted by molar-refractivity contribution is 5.75. The van der Waals surface area contributed by atoms with Gasteiger partial charge in [-0.2, -0.15) is 15.0 Å². The van der Waals surface area contributed by atoms with Crippen LogP contribution >= 0.6 is 0 Å². The van der Waals surface area contributed by atoms with E-state index in [9.17, 15) is 0 Å². The van der Waals surface area contributed by atoms with Gasteiger partial charge in [-0.25, -0.2) is 4.68 Å². The Morgan fingerprint density at radius 2 is 1.32 bits per heavy atom. The minimum Gasteiger partial charge on any atom is -0.329 e. The van der Waals surface area contributed by atoms with E-state index in [1.807, 2.05) is 53.2 Å². The number of fused-ring (bicyclic) bond motifs is 2. The molecule has 25 heavy (non-hydrogen) atoms. The molecule has 4 rings (SSSR count). The van der Waals surface area contributed by atoms with Gasteiger partial charge in [-0.3, -0.25) is 0 Å². The van der Waals surface area contributed by atoms with Gasteiger partial charge >= 0.3 is 0 Å². The molecule has 8 nitrogen and oxygen atoms in total. The highest BCUT2D eigenvalue weighted by atomic mass is 15.5. The predicted molar refractivity (Wildman–Crippen MR) is 98.9 cm³/mol. The minimum absolute atomic E-state index is 0. The molecule has 2 heterocycles. The van der Waals surface area contributed by atoms with Gasteiger partial charge in [0.2, 0.25) is 0 Å². The predicted octanol–water partition coefficient (Wildman–Crippen LogP) is 0.399. The third-order valence-electron chi connectivity index (χ3n) is 3.42. The minimum atomic E-state index is 0. The molecule has 2 aromatic heterocycles. The Labute approximate surface area is 147 Å². The molecule has 0 aliphatic heterocycles. The molecule has 0 unspecified atom stereocenters. The van der Waals surface area contributed by atoms with Crippen molar-refractivity contribution in [2.75, 3.05) is 13.1 Å². The lowest BCUT2D eigenvalue weighted by Gasteiger charge is -1.96. The van der Waals surface area contributed by atoms with Crippen molar-refractivity contribution < 1.29 is 0 Å². The second-order valence-electron chi connectivity index (χ2n) is 5.16. The van der Waals surface area contributed by atoms with Gasteiger partial charge in [-0.15, -0.1) is 5.10 Å². The maximum atomic E-state index is 5.42. The quantitative estimate of drug-likeness (QED) is 0.522. The summed E-state index contributed by atoms with van der Waals surface area (Å²) in [6, 6.07) is 15.6.